The Hall–Kier alpha value is -3.65. The number of nitrogens with zero attached hydrogens (tertiary/aromatic N) is 2. The molecule has 8 nitrogen and oxygen atoms in total. The number of aromatic carboxylic acids is 1. The highest BCUT2D eigenvalue weighted by molar-refractivity contribution is 6.03. The van der Waals surface area contributed by atoms with Crippen LogP contribution in [0.4, 0.5) is 4.79 Å². The molecule has 0 saturated carbocycles. The maximum absolute atomic E-state index is 13.1. The van der Waals surface area contributed by atoms with Crippen molar-refractivity contribution in [3.63, 3.8) is 0 Å². The van der Waals surface area contributed by atoms with Crippen LogP contribution in [-0.4, -0.2) is 42.6 Å². The van der Waals surface area contributed by atoms with Crippen molar-refractivity contribution < 1.29 is 24.5 Å². The van der Waals surface area contributed by atoms with E-state index in [-0.39, 0.29) is 12.2 Å². The summed E-state index contributed by atoms with van der Waals surface area (Å²) in [5.74, 6) is -1.05. The summed E-state index contributed by atoms with van der Waals surface area (Å²) in [5.41, 5.74) is 2.25. The van der Waals surface area contributed by atoms with Crippen molar-refractivity contribution in [3.05, 3.63) is 53.6 Å². The smallest absolute Gasteiger partial charge is 0.419 e. The van der Waals surface area contributed by atoms with Crippen LogP contribution >= 0.6 is 0 Å². The summed E-state index contributed by atoms with van der Waals surface area (Å²) < 4.78 is 7.02. The number of aromatic amines is 1. The van der Waals surface area contributed by atoms with E-state index in [1.54, 1.807) is 51.1 Å². The number of H-pyrrole nitrogens is 1. The summed E-state index contributed by atoms with van der Waals surface area (Å²) in [6.07, 6.45) is -0.574. The molecule has 0 atom stereocenters. The van der Waals surface area contributed by atoms with E-state index in [4.69, 9.17) is 4.74 Å². The van der Waals surface area contributed by atoms with Gasteiger partial charge in [0.05, 0.1) is 28.9 Å². The van der Waals surface area contributed by atoms with Crippen LogP contribution in [0.15, 0.2) is 42.5 Å². The molecule has 0 aliphatic rings. The molecule has 0 amide bonds. The Morgan fingerprint density at radius 1 is 1.13 bits per heavy atom. The molecule has 4 rings (SSSR count). The lowest BCUT2D eigenvalue weighted by molar-refractivity contribution is 0.0546. The molecule has 8 heteroatoms. The lowest BCUT2D eigenvalue weighted by Gasteiger charge is -2.20. The van der Waals surface area contributed by atoms with Gasteiger partial charge in [0.2, 0.25) is 0 Å². The first-order valence-electron chi connectivity index (χ1n) is 9.38. The molecule has 0 aliphatic carbocycles. The van der Waals surface area contributed by atoms with Gasteiger partial charge in [-0.25, -0.2) is 14.2 Å². The van der Waals surface area contributed by atoms with E-state index < -0.39 is 17.7 Å². The van der Waals surface area contributed by atoms with Crippen LogP contribution in [0.1, 0.15) is 36.7 Å². The highest BCUT2D eigenvalue weighted by atomic mass is 16.6. The molecule has 2 aromatic heterocycles. The lowest BCUT2D eigenvalue weighted by Crippen LogP contribution is -2.27. The highest BCUT2D eigenvalue weighted by Gasteiger charge is 2.25. The third kappa shape index (κ3) is 3.42. The molecular weight excluding hydrogens is 386 g/mol. The SMILES string of the molecule is CC(C)(C)OC(=O)n1c(-c2n[nH]c3ccc(C(=O)O)cc23)cc2cc(CO)ccc21. The average molecular weight is 407 g/mol. The van der Waals surface area contributed by atoms with Crippen molar-refractivity contribution in [2.75, 3.05) is 0 Å². The Labute approximate surface area is 171 Å². The number of hydrogen-bond donors (Lipinski definition) is 3. The molecule has 154 valence electrons. The van der Waals surface area contributed by atoms with E-state index >= 15 is 0 Å². The molecule has 4 aromatic rings. The molecule has 2 heterocycles. The first kappa shape index (κ1) is 19.7. The molecule has 0 aliphatic heterocycles. The monoisotopic (exact) mass is 407 g/mol. The normalized spacial score (nSPS) is 11.9. The number of carboxylic acids is 1. The fourth-order valence-corrected chi connectivity index (χ4v) is 3.38. The second kappa shape index (κ2) is 7.00. The number of rotatable bonds is 3. The van der Waals surface area contributed by atoms with E-state index in [1.165, 1.54) is 16.7 Å². The zero-order valence-corrected chi connectivity index (χ0v) is 16.8. The number of fused-ring (bicyclic) bond motifs is 2. The highest BCUT2D eigenvalue weighted by Crippen LogP contribution is 2.33. The van der Waals surface area contributed by atoms with Gasteiger partial charge >= 0.3 is 12.1 Å². The quantitative estimate of drug-likeness (QED) is 0.469. The number of ether oxygens (including phenoxy) is 1. The second-order valence-corrected chi connectivity index (χ2v) is 8.03. The van der Waals surface area contributed by atoms with E-state index in [9.17, 15) is 19.8 Å². The maximum Gasteiger partial charge on any atom is 0.419 e. The molecule has 0 unspecified atom stereocenters. The fraction of sp³-hybridized carbons (Fsp3) is 0.227. The standard InChI is InChI=1S/C22H21N3O5/c1-22(2,3)30-21(29)25-17-7-4-12(11-26)8-14(17)10-18(25)19-15-9-13(20(27)28)5-6-16(15)23-24-19/h4-10,26H,11H2,1-3H3,(H,23,24)(H,27,28). The number of carboxylic acid groups (broad SMARTS) is 1. The largest absolute Gasteiger partial charge is 0.478 e. The lowest BCUT2D eigenvalue weighted by atomic mass is 10.1. The van der Waals surface area contributed by atoms with Gasteiger partial charge in [-0.1, -0.05) is 6.07 Å². The number of aromatic nitrogens is 3. The second-order valence-electron chi connectivity index (χ2n) is 8.03. The Morgan fingerprint density at radius 2 is 1.90 bits per heavy atom. The van der Waals surface area contributed by atoms with Gasteiger partial charge in [-0.2, -0.15) is 5.10 Å². The van der Waals surface area contributed by atoms with Crippen molar-refractivity contribution in [2.24, 2.45) is 0 Å². The van der Waals surface area contributed by atoms with Gasteiger partial charge in [0, 0.05) is 10.8 Å². The van der Waals surface area contributed by atoms with Gasteiger partial charge in [-0.05, 0) is 62.7 Å². The first-order chi connectivity index (χ1) is 14.2. The summed E-state index contributed by atoms with van der Waals surface area (Å²) in [6, 6.07) is 11.7. The van der Waals surface area contributed by atoms with Crippen LogP contribution in [-0.2, 0) is 11.3 Å². The van der Waals surface area contributed by atoms with Crippen LogP contribution in [0.5, 0.6) is 0 Å². The zero-order valence-electron chi connectivity index (χ0n) is 16.8. The zero-order chi connectivity index (χ0) is 21.6. The molecule has 30 heavy (non-hydrogen) atoms. The number of hydrogen-bond acceptors (Lipinski definition) is 5. The van der Waals surface area contributed by atoms with Gasteiger partial charge in [0.15, 0.2) is 0 Å². The van der Waals surface area contributed by atoms with E-state index in [1.807, 2.05) is 0 Å². The minimum absolute atomic E-state index is 0.118. The Morgan fingerprint density at radius 3 is 2.57 bits per heavy atom. The summed E-state index contributed by atoms with van der Waals surface area (Å²) in [6.45, 7) is 5.21. The van der Waals surface area contributed by atoms with Crippen LogP contribution in [0.3, 0.4) is 0 Å². The Balaban J connectivity index is 1.99. The molecule has 3 N–H and O–H groups in total. The van der Waals surface area contributed by atoms with Crippen LogP contribution < -0.4 is 0 Å². The number of carbonyl (C=O) groups is 2. The van der Waals surface area contributed by atoms with Crippen molar-refractivity contribution >= 4 is 33.9 Å². The topological polar surface area (TPSA) is 117 Å². The molecule has 0 fully saturated rings. The molecule has 0 radical (unpaired) electrons. The van der Waals surface area contributed by atoms with Crippen molar-refractivity contribution in [1.29, 1.82) is 0 Å². The Kier molecular flexibility index (Phi) is 4.58. The van der Waals surface area contributed by atoms with Crippen molar-refractivity contribution in [1.82, 2.24) is 14.8 Å². The van der Waals surface area contributed by atoms with Crippen molar-refractivity contribution in [3.8, 4) is 11.4 Å². The molecule has 0 spiro atoms. The number of nitrogens with one attached hydrogen (secondary N) is 1. The summed E-state index contributed by atoms with van der Waals surface area (Å²) in [7, 11) is 0. The van der Waals surface area contributed by atoms with Gasteiger partial charge in [0.25, 0.3) is 0 Å². The van der Waals surface area contributed by atoms with Crippen LogP contribution in [0.25, 0.3) is 33.2 Å². The Bertz CT molecular complexity index is 1290. The summed E-state index contributed by atoms with van der Waals surface area (Å²) in [5, 5.41) is 27.4. The molecule has 0 saturated heterocycles. The van der Waals surface area contributed by atoms with Gasteiger partial charge in [-0.15, -0.1) is 0 Å². The van der Waals surface area contributed by atoms with Crippen LogP contribution in [0.2, 0.25) is 0 Å². The third-order valence-corrected chi connectivity index (χ3v) is 4.68. The predicted octanol–water partition coefficient (Wildman–Crippen LogP) is 4.16. The number of aliphatic hydroxyl groups is 1. The summed E-state index contributed by atoms with van der Waals surface area (Å²) in [4.78, 5) is 24.5. The van der Waals surface area contributed by atoms with Crippen molar-refractivity contribution in [2.45, 2.75) is 33.0 Å². The number of benzene rings is 2. The number of aliphatic hydroxyl groups excluding tert-OH is 1. The maximum atomic E-state index is 13.1. The van der Waals surface area contributed by atoms with E-state index in [2.05, 4.69) is 10.2 Å². The first-order valence-corrected chi connectivity index (χ1v) is 9.38. The van der Waals surface area contributed by atoms with Crippen LogP contribution in [0, 0.1) is 0 Å². The van der Waals surface area contributed by atoms with Gasteiger partial charge in [-0.3, -0.25) is 5.10 Å². The molecule has 0 bridgehead atoms. The molecule has 2 aromatic carbocycles. The molecular formula is C22H21N3O5. The van der Waals surface area contributed by atoms with E-state index in [0.29, 0.717) is 33.4 Å². The van der Waals surface area contributed by atoms with Gasteiger partial charge < -0.3 is 14.9 Å². The minimum atomic E-state index is -1.05. The van der Waals surface area contributed by atoms with E-state index in [0.717, 1.165) is 5.39 Å². The third-order valence-electron chi connectivity index (χ3n) is 4.68. The number of carbonyl (C=O) groups excluding carboxylic acids is 1. The average Bonchev–Trinajstić information content (AvgIpc) is 3.26. The minimum Gasteiger partial charge on any atom is -0.478 e. The van der Waals surface area contributed by atoms with Gasteiger partial charge in [0.1, 0.15) is 11.3 Å². The predicted molar refractivity (Wildman–Crippen MR) is 112 cm³/mol. The fourth-order valence-electron chi connectivity index (χ4n) is 3.38. The summed E-state index contributed by atoms with van der Waals surface area (Å²) >= 11 is 0.